The SMILES string of the molecule is CCC(N)(CC)CNC(=O)COc1ccc(Cl)cc1.Cl. The Morgan fingerprint density at radius 3 is 2.35 bits per heavy atom. The quantitative estimate of drug-likeness (QED) is 0.812. The van der Waals surface area contributed by atoms with Crippen LogP contribution in [-0.2, 0) is 4.79 Å². The third-order valence-electron chi connectivity index (χ3n) is 3.23. The summed E-state index contributed by atoms with van der Waals surface area (Å²) in [6, 6.07) is 6.88. The monoisotopic (exact) mass is 320 g/mol. The normalized spacial score (nSPS) is 10.6. The molecule has 1 amide bonds. The Kier molecular flexibility index (Phi) is 8.62. The van der Waals surface area contributed by atoms with Crippen molar-refractivity contribution in [3.8, 4) is 5.75 Å². The maximum absolute atomic E-state index is 11.6. The maximum atomic E-state index is 11.6. The first-order valence-corrected chi connectivity index (χ1v) is 6.81. The summed E-state index contributed by atoms with van der Waals surface area (Å²) in [6.45, 7) is 4.47. The molecular formula is C14H22Cl2N2O2. The van der Waals surface area contributed by atoms with Gasteiger partial charge < -0.3 is 15.8 Å². The fourth-order valence-corrected chi connectivity index (χ4v) is 1.63. The third-order valence-corrected chi connectivity index (χ3v) is 3.48. The molecule has 4 nitrogen and oxygen atoms in total. The zero-order valence-corrected chi connectivity index (χ0v) is 13.4. The van der Waals surface area contributed by atoms with Crippen LogP contribution in [0.3, 0.4) is 0 Å². The lowest BCUT2D eigenvalue weighted by Crippen LogP contribution is -2.50. The van der Waals surface area contributed by atoms with Crippen molar-refractivity contribution >= 4 is 29.9 Å². The topological polar surface area (TPSA) is 64.3 Å². The molecule has 0 saturated carbocycles. The fourth-order valence-electron chi connectivity index (χ4n) is 1.51. The highest BCUT2D eigenvalue weighted by Gasteiger charge is 2.20. The van der Waals surface area contributed by atoms with Gasteiger partial charge in [0.25, 0.3) is 5.91 Å². The Balaban J connectivity index is 0.00000361. The lowest BCUT2D eigenvalue weighted by atomic mass is 9.94. The zero-order chi connectivity index (χ0) is 14.3. The number of rotatable bonds is 7. The molecule has 1 aromatic carbocycles. The van der Waals surface area contributed by atoms with E-state index in [4.69, 9.17) is 22.1 Å². The third kappa shape index (κ3) is 6.46. The predicted molar refractivity (Wildman–Crippen MR) is 84.7 cm³/mol. The van der Waals surface area contributed by atoms with E-state index >= 15 is 0 Å². The van der Waals surface area contributed by atoms with Crippen LogP contribution in [-0.4, -0.2) is 24.6 Å². The lowest BCUT2D eigenvalue weighted by molar-refractivity contribution is -0.123. The largest absolute Gasteiger partial charge is 0.484 e. The Labute approximate surface area is 131 Å². The highest BCUT2D eigenvalue weighted by Crippen LogP contribution is 2.15. The van der Waals surface area contributed by atoms with Gasteiger partial charge >= 0.3 is 0 Å². The van der Waals surface area contributed by atoms with Gasteiger partial charge in [0.2, 0.25) is 0 Å². The average molecular weight is 321 g/mol. The van der Waals surface area contributed by atoms with Crippen molar-refractivity contribution < 1.29 is 9.53 Å². The minimum Gasteiger partial charge on any atom is -0.484 e. The van der Waals surface area contributed by atoms with Crippen LogP contribution in [0, 0.1) is 0 Å². The Bertz CT molecular complexity index is 406. The van der Waals surface area contributed by atoms with Gasteiger partial charge in [0.15, 0.2) is 6.61 Å². The van der Waals surface area contributed by atoms with E-state index in [1.807, 2.05) is 13.8 Å². The van der Waals surface area contributed by atoms with Gasteiger partial charge in [0.05, 0.1) is 0 Å². The van der Waals surface area contributed by atoms with E-state index in [1.165, 1.54) is 0 Å². The smallest absolute Gasteiger partial charge is 0.258 e. The summed E-state index contributed by atoms with van der Waals surface area (Å²) >= 11 is 5.76. The minimum atomic E-state index is -0.337. The summed E-state index contributed by atoms with van der Waals surface area (Å²) in [5, 5.41) is 3.43. The predicted octanol–water partition coefficient (Wildman–Crippen LogP) is 2.77. The van der Waals surface area contributed by atoms with E-state index in [9.17, 15) is 4.79 Å². The van der Waals surface area contributed by atoms with Crippen LogP contribution in [0.2, 0.25) is 5.02 Å². The number of carbonyl (C=O) groups is 1. The van der Waals surface area contributed by atoms with Crippen LogP contribution < -0.4 is 15.8 Å². The van der Waals surface area contributed by atoms with E-state index in [-0.39, 0.29) is 30.5 Å². The van der Waals surface area contributed by atoms with Crippen LogP contribution in [0.4, 0.5) is 0 Å². The summed E-state index contributed by atoms with van der Waals surface area (Å²) < 4.78 is 5.34. The number of ether oxygens (including phenoxy) is 1. The minimum absolute atomic E-state index is 0. The highest BCUT2D eigenvalue weighted by atomic mass is 35.5. The van der Waals surface area contributed by atoms with Crippen molar-refractivity contribution in [3.05, 3.63) is 29.3 Å². The number of nitrogens with one attached hydrogen (secondary N) is 1. The molecule has 1 rings (SSSR count). The van der Waals surface area contributed by atoms with E-state index in [0.717, 1.165) is 12.8 Å². The molecule has 0 bridgehead atoms. The molecule has 3 N–H and O–H groups in total. The second-order valence-corrected chi connectivity index (χ2v) is 5.03. The molecule has 0 heterocycles. The molecular weight excluding hydrogens is 299 g/mol. The molecule has 20 heavy (non-hydrogen) atoms. The van der Waals surface area contributed by atoms with Gasteiger partial charge in [-0.15, -0.1) is 12.4 Å². The number of benzene rings is 1. The molecule has 0 fully saturated rings. The average Bonchev–Trinajstić information content (AvgIpc) is 2.44. The molecule has 0 atom stereocenters. The van der Waals surface area contributed by atoms with Gasteiger partial charge in [-0.2, -0.15) is 0 Å². The molecule has 0 aliphatic carbocycles. The number of nitrogens with two attached hydrogens (primary N) is 1. The molecule has 0 aromatic heterocycles. The summed E-state index contributed by atoms with van der Waals surface area (Å²) in [7, 11) is 0. The highest BCUT2D eigenvalue weighted by molar-refractivity contribution is 6.30. The number of halogens is 2. The lowest BCUT2D eigenvalue weighted by Gasteiger charge is -2.26. The summed E-state index contributed by atoms with van der Waals surface area (Å²) in [5.74, 6) is 0.441. The summed E-state index contributed by atoms with van der Waals surface area (Å²) in [6.07, 6.45) is 1.64. The van der Waals surface area contributed by atoms with Gasteiger partial charge in [-0.25, -0.2) is 0 Å². The van der Waals surface area contributed by atoms with Crippen LogP contribution >= 0.6 is 24.0 Å². The van der Waals surface area contributed by atoms with Crippen LogP contribution in [0.5, 0.6) is 5.75 Å². The van der Waals surface area contributed by atoms with Crippen LogP contribution in [0.1, 0.15) is 26.7 Å². The second kappa shape index (κ2) is 9.06. The Morgan fingerprint density at radius 1 is 1.30 bits per heavy atom. The molecule has 1 aromatic rings. The zero-order valence-electron chi connectivity index (χ0n) is 11.8. The van der Waals surface area contributed by atoms with E-state index in [1.54, 1.807) is 24.3 Å². The standard InChI is InChI=1S/C14H21ClN2O2.ClH/c1-3-14(16,4-2)10-17-13(18)9-19-12-7-5-11(15)6-8-12;/h5-8H,3-4,9-10,16H2,1-2H3,(H,17,18);1H. The fraction of sp³-hybridized carbons (Fsp3) is 0.500. The van der Waals surface area contributed by atoms with Crippen molar-refractivity contribution in [3.63, 3.8) is 0 Å². The Hall–Kier alpha value is -0.970. The molecule has 0 saturated heterocycles. The number of hydrogen-bond acceptors (Lipinski definition) is 3. The van der Waals surface area contributed by atoms with E-state index < -0.39 is 0 Å². The van der Waals surface area contributed by atoms with Crippen LogP contribution in [0.25, 0.3) is 0 Å². The maximum Gasteiger partial charge on any atom is 0.258 e. The molecule has 0 aliphatic rings. The number of hydrogen-bond donors (Lipinski definition) is 2. The Morgan fingerprint density at radius 2 is 1.85 bits per heavy atom. The van der Waals surface area contributed by atoms with Crippen molar-refractivity contribution in [1.29, 1.82) is 0 Å². The molecule has 0 spiro atoms. The first kappa shape index (κ1) is 19.0. The second-order valence-electron chi connectivity index (χ2n) is 4.59. The molecule has 0 unspecified atom stereocenters. The van der Waals surface area contributed by atoms with Crippen LogP contribution in [0.15, 0.2) is 24.3 Å². The van der Waals surface area contributed by atoms with E-state index in [2.05, 4.69) is 5.32 Å². The first-order chi connectivity index (χ1) is 8.99. The first-order valence-electron chi connectivity index (χ1n) is 6.43. The molecule has 6 heteroatoms. The summed E-state index contributed by atoms with van der Waals surface area (Å²) in [5.41, 5.74) is 5.76. The van der Waals surface area contributed by atoms with Crippen molar-refractivity contribution in [2.24, 2.45) is 5.73 Å². The van der Waals surface area contributed by atoms with Crippen molar-refractivity contribution in [2.75, 3.05) is 13.2 Å². The molecule has 114 valence electrons. The van der Waals surface area contributed by atoms with Gasteiger partial charge in [0, 0.05) is 17.1 Å². The number of amides is 1. The van der Waals surface area contributed by atoms with Crippen molar-refractivity contribution in [1.82, 2.24) is 5.32 Å². The number of carbonyl (C=O) groups excluding carboxylic acids is 1. The van der Waals surface area contributed by atoms with Gasteiger partial charge in [-0.3, -0.25) is 4.79 Å². The van der Waals surface area contributed by atoms with E-state index in [0.29, 0.717) is 17.3 Å². The van der Waals surface area contributed by atoms with Gasteiger partial charge in [-0.1, -0.05) is 25.4 Å². The van der Waals surface area contributed by atoms with Crippen molar-refractivity contribution in [2.45, 2.75) is 32.2 Å². The summed E-state index contributed by atoms with van der Waals surface area (Å²) in [4.78, 5) is 11.6. The molecule has 0 aliphatic heterocycles. The van der Waals surface area contributed by atoms with Gasteiger partial charge in [-0.05, 0) is 37.1 Å². The molecule has 0 radical (unpaired) electrons. The van der Waals surface area contributed by atoms with Gasteiger partial charge in [0.1, 0.15) is 5.75 Å².